The summed E-state index contributed by atoms with van der Waals surface area (Å²) in [6.45, 7) is 6.80. The van der Waals surface area contributed by atoms with Crippen LogP contribution in [0.5, 0.6) is 0 Å². The van der Waals surface area contributed by atoms with E-state index in [0.29, 0.717) is 13.2 Å². The molecular formula is C10H20F3NO. The molecule has 0 amide bonds. The first kappa shape index (κ1) is 14.7. The van der Waals surface area contributed by atoms with Crippen molar-refractivity contribution in [3.63, 3.8) is 0 Å². The van der Waals surface area contributed by atoms with E-state index in [4.69, 9.17) is 4.74 Å². The third-order valence-corrected chi connectivity index (χ3v) is 2.12. The van der Waals surface area contributed by atoms with E-state index < -0.39 is 12.6 Å². The van der Waals surface area contributed by atoms with E-state index in [0.717, 1.165) is 0 Å². The minimum absolute atomic E-state index is 0.00713. The first-order valence-corrected chi connectivity index (χ1v) is 5.24. The highest BCUT2D eigenvalue weighted by molar-refractivity contribution is 4.70. The van der Waals surface area contributed by atoms with Gasteiger partial charge in [0, 0.05) is 19.2 Å². The number of hydrogen-bond acceptors (Lipinski definition) is 2. The molecule has 0 saturated heterocycles. The molecule has 1 unspecified atom stereocenters. The fraction of sp³-hybridized carbons (Fsp3) is 1.00. The molecule has 0 saturated carbocycles. The average molecular weight is 227 g/mol. The van der Waals surface area contributed by atoms with Crippen LogP contribution in [0, 0.1) is 5.92 Å². The number of rotatable bonds is 7. The molecule has 0 aliphatic rings. The maximum atomic E-state index is 11.9. The first-order valence-electron chi connectivity index (χ1n) is 5.24. The molecule has 0 aromatic carbocycles. The summed E-state index contributed by atoms with van der Waals surface area (Å²) in [5.74, 6) is 0.268. The molecule has 15 heavy (non-hydrogen) atoms. The Morgan fingerprint density at radius 3 is 2.27 bits per heavy atom. The maximum absolute atomic E-state index is 11.9. The quantitative estimate of drug-likeness (QED) is 0.721. The third kappa shape index (κ3) is 8.69. The standard InChI is InChI=1S/C10H20F3NO/c1-4-15-7-9(8(2)3)14-6-5-10(11,12)13/h8-9,14H,4-7H2,1-3H3. The summed E-state index contributed by atoms with van der Waals surface area (Å²) in [5.41, 5.74) is 0. The fourth-order valence-corrected chi connectivity index (χ4v) is 1.13. The van der Waals surface area contributed by atoms with Gasteiger partial charge in [-0.05, 0) is 12.8 Å². The van der Waals surface area contributed by atoms with Gasteiger partial charge < -0.3 is 10.1 Å². The van der Waals surface area contributed by atoms with Crippen LogP contribution in [-0.2, 0) is 4.74 Å². The van der Waals surface area contributed by atoms with E-state index >= 15 is 0 Å². The molecule has 5 heteroatoms. The van der Waals surface area contributed by atoms with Gasteiger partial charge in [-0.25, -0.2) is 0 Å². The minimum atomic E-state index is -4.08. The maximum Gasteiger partial charge on any atom is 0.390 e. The molecule has 92 valence electrons. The Morgan fingerprint density at radius 1 is 1.27 bits per heavy atom. The van der Waals surface area contributed by atoms with Crippen LogP contribution in [0.15, 0.2) is 0 Å². The Morgan fingerprint density at radius 2 is 1.87 bits per heavy atom. The molecule has 0 aromatic rings. The summed E-state index contributed by atoms with van der Waals surface area (Å²) < 4.78 is 40.9. The van der Waals surface area contributed by atoms with Gasteiger partial charge in [0.05, 0.1) is 13.0 Å². The molecule has 0 fully saturated rings. The zero-order chi connectivity index (χ0) is 11.9. The summed E-state index contributed by atoms with van der Waals surface area (Å²) in [7, 11) is 0. The highest BCUT2D eigenvalue weighted by Crippen LogP contribution is 2.18. The van der Waals surface area contributed by atoms with Crippen molar-refractivity contribution >= 4 is 0 Å². The average Bonchev–Trinajstić information content (AvgIpc) is 2.08. The topological polar surface area (TPSA) is 21.3 Å². The van der Waals surface area contributed by atoms with Crippen molar-refractivity contribution < 1.29 is 17.9 Å². The molecule has 0 heterocycles. The van der Waals surface area contributed by atoms with Crippen molar-refractivity contribution in [2.24, 2.45) is 5.92 Å². The molecule has 0 aliphatic carbocycles. The molecule has 1 N–H and O–H groups in total. The summed E-state index contributed by atoms with van der Waals surface area (Å²) in [6, 6.07) is -0.00713. The second-order valence-electron chi connectivity index (χ2n) is 3.83. The number of nitrogens with one attached hydrogen (secondary N) is 1. The molecule has 0 radical (unpaired) electrons. The molecule has 2 nitrogen and oxygen atoms in total. The highest BCUT2D eigenvalue weighted by Gasteiger charge is 2.26. The number of alkyl halides is 3. The number of hydrogen-bond donors (Lipinski definition) is 1. The first-order chi connectivity index (χ1) is 6.87. The largest absolute Gasteiger partial charge is 0.390 e. The summed E-state index contributed by atoms with van der Waals surface area (Å²) >= 11 is 0. The lowest BCUT2D eigenvalue weighted by atomic mass is 10.1. The van der Waals surface area contributed by atoms with E-state index in [9.17, 15) is 13.2 Å². The van der Waals surface area contributed by atoms with Gasteiger partial charge in [0.1, 0.15) is 0 Å². The summed E-state index contributed by atoms with van der Waals surface area (Å²) in [5, 5.41) is 2.87. The van der Waals surface area contributed by atoms with Crippen LogP contribution in [0.4, 0.5) is 13.2 Å². The molecule has 0 spiro atoms. The van der Waals surface area contributed by atoms with Crippen LogP contribution in [0.2, 0.25) is 0 Å². The predicted octanol–water partition coefficient (Wildman–Crippen LogP) is 2.59. The van der Waals surface area contributed by atoms with Crippen molar-refractivity contribution in [3.8, 4) is 0 Å². The van der Waals surface area contributed by atoms with E-state index in [2.05, 4.69) is 5.32 Å². The van der Waals surface area contributed by atoms with E-state index in [1.807, 2.05) is 20.8 Å². The highest BCUT2D eigenvalue weighted by atomic mass is 19.4. The monoisotopic (exact) mass is 227 g/mol. The molecule has 1 atom stereocenters. The van der Waals surface area contributed by atoms with Gasteiger partial charge in [0.15, 0.2) is 0 Å². The van der Waals surface area contributed by atoms with Crippen LogP contribution in [-0.4, -0.2) is 32.0 Å². The van der Waals surface area contributed by atoms with Crippen LogP contribution in [0.25, 0.3) is 0 Å². The Balaban J connectivity index is 3.76. The fourth-order valence-electron chi connectivity index (χ4n) is 1.13. The van der Waals surface area contributed by atoms with Crippen molar-refractivity contribution in [3.05, 3.63) is 0 Å². The second-order valence-corrected chi connectivity index (χ2v) is 3.83. The smallest absolute Gasteiger partial charge is 0.380 e. The van der Waals surface area contributed by atoms with Crippen molar-refractivity contribution in [2.75, 3.05) is 19.8 Å². The Hall–Kier alpha value is -0.290. The summed E-state index contributed by atoms with van der Waals surface area (Å²) in [6.07, 6.45) is -4.87. The lowest BCUT2D eigenvalue weighted by Crippen LogP contribution is -2.39. The zero-order valence-corrected chi connectivity index (χ0v) is 9.53. The zero-order valence-electron chi connectivity index (χ0n) is 9.53. The molecular weight excluding hydrogens is 207 g/mol. The second kappa shape index (κ2) is 7.06. The SMILES string of the molecule is CCOCC(NCCC(F)(F)F)C(C)C. The van der Waals surface area contributed by atoms with Gasteiger partial charge in [0.2, 0.25) is 0 Å². The van der Waals surface area contributed by atoms with Crippen LogP contribution >= 0.6 is 0 Å². The van der Waals surface area contributed by atoms with Gasteiger partial charge in [-0.3, -0.25) is 0 Å². The molecule has 0 aliphatic heterocycles. The van der Waals surface area contributed by atoms with Gasteiger partial charge >= 0.3 is 6.18 Å². The van der Waals surface area contributed by atoms with Crippen molar-refractivity contribution in [1.82, 2.24) is 5.32 Å². The van der Waals surface area contributed by atoms with Gasteiger partial charge in [-0.15, -0.1) is 0 Å². The van der Waals surface area contributed by atoms with Gasteiger partial charge in [-0.1, -0.05) is 13.8 Å². The number of ether oxygens (including phenoxy) is 1. The molecule has 0 rings (SSSR count). The van der Waals surface area contributed by atoms with Crippen molar-refractivity contribution in [1.29, 1.82) is 0 Å². The van der Waals surface area contributed by atoms with E-state index in [1.165, 1.54) is 0 Å². The lowest BCUT2D eigenvalue weighted by molar-refractivity contribution is -0.134. The molecule has 0 bridgehead atoms. The Bertz CT molecular complexity index is 159. The van der Waals surface area contributed by atoms with Gasteiger partial charge in [-0.2, -0.15) is 13.2 Å². The third-order valence-electron chi connectivity index (χ3n) is 2.12. The summed E-state index contributed by atoms with van der Waals surface area (Å²) in [4.78, 5) is 0. The van der Waals surface area contributed by atoms with E-state index in [1.54, 1.807) is 0 Å². The Labute approximate surface area is 89.2 Å². The van der Waals surface area contributed by atoms with Crippen LogP contribution in [0.3, 0.4) is 0 Å². The van der Waals surface area contributed by atoms with E-state index in [-0.39, 0.29) is 18.5 Å². The minimum Gasteiger partial charge on any atom is -0.380 e. The van der Waals surface area contributed by atoms with Crippen LogP contribution in [0.1, 0.15) is 27.2 Å². The van der Waals surface area contributed by atoms with Gasteiger partial charge in [0.25, 0.3) is 0 Å². The van der Waals surface area contributed by atoms with Crippen molar-refractivity contribution in [2.45, 2.75) is 39.4 Å². The van der Waals surface area contributed by atoms with Crippen LogP contribution < -0.4 is 5.32 Å². The lowest BCUT2D eigenvalue weighted by Gasteiger charge is -2.22. The molecule has 0 aromatic heterocycles. The normalized spacial score (nSPS) is 14.6. The Kier molecular flexibility index (Phi) is 6.92. The number of halogens is 3. The predicted molar refractivity (Wildman–Crippen MR) is 53.8 cm³/mol.